The molecule has 0 spiro atoms. The number of nitrogens with one attached hydrogen (secondary N) is 1. The van der Waals surface area contributed by atoms with Gasteiger partial charge in [0.2, 0.25) is 0 Å². The summed E-state index contributed by atoms with van der Waals surface area (Å²) in [4.78, 5) is 13.6. The first-order valence-electron chi connectivity index (χ1n) is 7.46. The molecule has 0 amide bonds. The molecule has 3 unspecified atom stereocenters. The van der Waals surface area contributed by atoms with Crippen LogP contribution in [0.2, 0.25) is 0 Å². The zero-order chi connectivity index (χ0) is 14.5. The highest BCUT2D eigenvalue weighted by Gasteiger charge is 2.24. The zero-order valence-corrected chi connectivity index (χ0v) is 13.5. The molecule has 20 heavy (non-hydrogen) atoms. The van der Waals surface area contributed by atoms with Gasteiger partial charge in [-0.05, 0) is 43.2 Å². The Hall–Kier alpha value is -0.870. The number of rotatable bonds is 5. The Morgan fingerprint density at radius 2 is 2.05 bits per heavy atom. The van der Waals surface area contributed by atoms with Crippen molar-refractivity contribution in [3.05, 3.63) is 21.9 Å². The topological polar surface area (TPSA) is 38.3 Å². The van der Waals surface area contributed by atoms with Gasteiger partial charge in [-0.1, -0.05) is 13.8 Å². The quantitative estimate of drug-likeness (QED) is 0.846. The molecule has 0 aliphatic heterocycles. The van der Waals surface area contributed by atoms with Crippen molar-refractivity contribution in [3.8, 4) is 0 Å². The number of carbonyl (C=O) groups is 1. The van der Waals surface area contributed by atoms with Gasteiger partial charge in [0, 0.05) is 22.3 Å². The van der Waals surface area contributed by atoms with Gasteiger partial charge < -0.3 is 10.1 Å². The summed E-state index contributed by atoms with van der Waals surface area (Å²) in [6, 6.07) is 4.79. The monoisotopic (exact) mass is 295 g/mol. The molecule has 1 aromatic rings. The van der Waals surface area contributed by atoms with Gasteiger partial charge in [0.05, 0.1) is 13.5 Å². The van der Waals surface area contributed by atoms with E-state index in [1.54, 1.807) is 11.3 Å². The zero-order valence-electron chi connectivity index (χ0n) is 12.6. The smallest absolute Gasteiger partial charge is 0.310 e. The van der Waals surface area contributed by atoms with E-state index < -0.39 is 0 Å². The SMILES string of the molecule is COC(=O)Cc1ccc(CNC2CCC(C)C(C)C2)s1. The maximum absolute atomic E-state index is 11.2. The van der Waals surface area contributed by atoms with Gasteiger partial charge in [-0.25, -0.2) is 0 Å². The van der Waals surface area contributed by atoms with Crippen LogP contribution in [0, 0.1) is 11.8 Å². The van der Waals surface area contributed by atoms with E-state index in [1.165, 1.54) is 31.2 Å². The minimum absolute atomic E-state index is 0.165. The molecular weight excluding hydrogens is 270 g/mol. The molecule has 2 rings (SSSR count). The number of methoxy groups -OCH3 is 1. The average molecular weight is 295 g/mol. The van der Waals surface area contributed by atoms with E-state index >= 15 is 0 Å². The molecule has 1 fully saturated rings. The second kappa shape index (κ2) is 7.23. The van der Waals surface area contributed by atoms with Crippen molar-refractivity contribution in [2.45, 2.75) is 52.1 Å². The highest BCUT2D eigenvalue weighted by Crippen LogP contribution is 2.29. The van der Waals surface area contributed by atoms with Gasteiger partial charge in [0.1, 0.15) is 0 Å². The first-order valence-corrected chi connectivity index (χ1v) is 8.28. The second-order valence-electron chi connectivity index (χ2n) is 5.97. The summed E-state index contributed by atoms with van der Waals surface area (Å²) in [7, 11) is 1.43. The average Bonchev–Trinajstić information content (AvgIpc) is 2.87. The van der Waals surface area contributed by atoms with Crippen LogP contribution < -0.4 is 5.32 Å². The van der Waals surface area contributed by atoms with Crippen molar-refractivity contribution >= 4 is 17.3 Å². The predicted octanol–water partition coefficient (Wildman–Crippen LogP) is 3.38. The van der Waals surface area contributed by atoms with Crippen molar-refractivity contribution in [3.63, 3.8) is 0 Å². The van der Waals surface area contributed by atoms with Gasteiger partial charge in [-0.15, -0.1) is 11.3 Å². The number of hydrogen-bond donors (Lipinski definition) is 1. The van der Waals surface area contributed by atoms with Gasteiger partial charge in [-0.3, -0.25) is 4.79 Å². The van der Waals surface area contributed by atoms with E-state index in [2.05, 4.69) is 25.2 Å². The maximum atomic E-state index is 11.2. The molecular formula is C16H25NO2S. The van der Waals surface area contributed by atoms with Crippen LogP contribution in [-0.4, -0.2) is 19.1 Å². The minimum Gasteiger partial charge on any atom is -0.469 e. The molecule has 1 aliphatic rings. The Labute approximate surface area is 125 Å². The number of hydrogen-bond acceptors (Lipinski definition) is 4. The van der Waals surface area contributed by atoms with E-state index in [0.717, 1.165) is 23.3 Å². The van der Waals surface area contributed by atoms with Crippen LogP contribution >= 0.6 is 11.3 Å². The largest absolute Gasteiger partial charge is 0.469 e. The number of thiophene rings is 1. The first kappa shape index (κ1) is 15.5. The summed E-state index contributed by atoms with van der Waals surface area (Å²) < 4.78 is 4.69. The molecule has 1 saturated carbocycles. The molecule has 1 heterocycles. The van der Waals surface area contributed by atoms with Crippen LogP contribution in [0.1, 0.15) is 42.9 Å². The fraction of sp³-hybridized carbons (Fsp3) is 0.688. The summed E-state index contributed by atoms with van der Waals surface area (Å²) in [6.07, 6.45) is 4.28. The molecule has 112 valence electrons. The Kier molecular flexibility index (Phi) is 5.61. The van der Waals surface area contributed by atoms with Crippen LogP contribution in [0.15, 0.2) is 12.1 Å². The fourth-order valence-corrected chi connectivity index (χ4v) is 3.76. The first-order chi connectivity index (χ1) is 9.58. The van der Waals surface area contributed by atoms with Gasteiger partial charge in [-0.2, -0.15) is 0 Å². The molecule has 0 radical (unpaired) electrons. The summed E-state index contributed by atoms with van der Waals surface area (Å²) in [6.45, 7) is 5.63. The Morgan fingerprint density at radius 3 is 2.75 bits per heavy atom. The molecule has 1 N–H and O–H groups in total. The van der Waals surface area contributed by atoms with Crippen LogP contribution in [0.4, 0.5) is 0 Å². The third-order valence-electron chi connectivity index (χ3n) is 4.43. The Bertz CT molecular complexity index is 443. The number of esters is 1. The summed E-state index contributed by atoms with van der Waals surface area (Å²) in [5.41, 5.74) is 0. The van der Waals surface area contributed by atoms with E-state index in [9.17, 15) is 4.79 Å². The lowest BCUT2D eigenvalue weighted by Crippen LogP contribution is -2.35. The molecule has 0 aromatic carbocycles. The Morgan fingerprint density at radius 1 is 1.30 bits per heavy atom. The second-order valence-corrected chi connectivity index (χ2v) is 7.22. The van der Waals surface area contributed by atoms with Crippen LogP contribution in [0.25, 0.3) is 0 Å². The normalized spacial score (nSPS) is 26.4. The number of carbonyl (C=O) groups excluding carboxylic acids is 1. The number of ether oxygens (including phenoxy) is 1. The molecule has 3 atom stereocenters. The predicted molar refractivity (Wildman–Crippen MR) is 82.8 cm³/mol. The standard InChI is InChI=1S/C16H25NO2S/c1-11-4-5-13(8-12(11)2)17-10-15-7-6-14(20-15)9-16(18)19-3/h6-7,11-13,17H,4-5,8-10H2,1-3H3. The van der Waals surface area contributed by atoms with E-state index in [0.29, 0.717) is 12.5 Å². The third kappa shape index (κ3) is 4.32. The van der Waals surface area contributed by atoms with Gasteiger partial charge in [0.25, 0.3) is 0 Å². The van der Waals surface area contributed by atoms with Crippen LogP contribution in [0.3, 0.4) is 0 Å². The minimum atomic E-state index is -0.165. The van der Waals surface area contributed by atoms with Gasteiger partial charge >= 0.3 is 5.97 Å². The van der Waals surface area contributed by atoms with Crippen molar-refractivity contribution in [1.29, 1.82) is 0 Å². The molecule has 1 aliphatic carbocycles. The van der Waals surface area contributed by atoms with Crippen molar-refractivity contribution in [2.24, 2.45) is 11.8 Å². The highest BCUT2D eigenvalue weighted by atomic mass is 32.1. The van der Waals surface area contributed by atoms with Crippen LogP contribution in [-0.2, 0) is 22.5 Å². The Balaban J connectivity index is 1.78. The summed E-state index contributed by atoms with van der Waals surface area (Å²) in [5.74, 6) is 1.52. The molecule has 3 nitrogen and oxygen atoms in total. The van der Waals surface area contributed by atoms with Crippen molar-refractivity contribution < 1.29 is 9.53 Å². The molecule has 4 heteroatoms. The van der Waals surface area contributed by atoms with Crippen molar-refractivity contribution in [2.75, 3.05) is 7.11 Å². The highest BCUT2D eigenvalue weighted by molar-refractivity contribution is 7.12. The maximum Gasteiger partial charge on any atom is 0.310 e. The van der Waals surface area contributed by atoms with Crippen molar-refractivity contribution in [1.82, 2.24) is 5.32 Å². The molecule has 0 bridgehead atoms. The lowest BCUT2D eigenvalue weighted by Gasteiger charge is -2.32. The fourth-order valence-electron chi connectivity index (χ4n) is 2.80. The summed E-state index contributed by atoms with van der Waals surface area (Å²) >= 11 is 1.70. The lowest BCUT2D eigenvalue weighted by atomic mass is 9.79. The van der Waals surface area contributed by atoms with E-state index in [-0.39, 0.29) is 5.97 Å². The lowest BCUT2D eigenvalue weighted by molar-refractivity contribution is -0.139. The molecule has 0 saturated heterocycles. The summed E-state index contributed by atoms with van der Waals surface area (Å²) in [5, 5.41) is 3.66. The van der Waals surface area contributed by atoms with E-state index in [4.69, 9.17) is 4.74 Å². The van der Waals surface area contributed by atoms with Crippen LogP contribution in [0.5, 0.6) is 0 Å². The van der Waals surface area contributed by atoms with Gasteiger partial charge in [0.15, 0.2) is 0 Å². The molecule has 1 aromatic heterocycles. The van der Waals surface area contributed by atoms with E-state index in [1.807, 2.05) is 6.07 Å². The third-order valence-corrected chi connectivity index (χ3v) is 5.51.